The Bertz CT molecular complexity index is 995. The molecule has 9 unspecified atom stereocenters. The number of hydrogen-bond acceptors (Lipinski definition) is 3. The van der Waals surface area contributed by atoms with Gasteiger partial charge in [-0.2, -0.15) is 0 Å². The van der Waals surface area contributed by atoms with Crippen LogP contribution in [0.2, 0.25) is 0 Å². The molecule has 1 spiro atoms. The number of rotatable bonds is 9. The Hall–Kier alpha value is -0.960. The van der Waals surface area contributed by atoms with Gasteiger partial charge < -0.3 is 5.32 Å². The lowest BCUT2D eigenvalue weighted by atomic mass is 9.41. The molecule has 0 radical (unpaired) electrons. The van der Waals surface area contributed by atoms with E-state index >= 15 is 0 Å². The molecule has 1 heterocycles. The fraction of sp³-hybridized carbons (Fsp3) is 0.889. The van der Waals surface area contributed by atoms with Crippen LogP contribution in [0.3, 0.4) is 0 Å². The summed E-state index contributed by atoms with van der Waals surface area (Å²) in [6.07, 6.45) is 23.6. The third-order valence-electron chi connectivity index (χ3n) is 14.4. The van der Waals surface area contributed by atoms with Crippen molar-refractivity contribution in [1.29, 1.82) is 5.41 Å². The quantitative estimate of drug-likeness (QED) is 0.305. The monoisotopic (exact) mass is 533 g/mol. The first-order valence-electron chi connectivity index (χ1n) is 17.1. The van der Waals surface area contributed by atoms with Gasteiger partial charge in [0.15, 0.2) is 0 Å². The number of nitrogens with one attached hydrogen (secondary N) is 2. The number of aliphatic imine (C=N–C) groups is 1. The lowest BCUT2D eigenvalue weighted by Gasteiger charge is -2.64. The van der Waals surface area contributed by atoms with Gasteiger partial charge in [-0.05, 0) is 147 Å². The Labute approximate surface area is 240 Å². The van der Waals surface area contributed by atoms with Crippen molar-refractivity contribution in [2.45, 2.75) is 131 Å². The van der Waals surface area contributed by atoms with Gasteiger partial charge in [0.05, 0.1) is 11.9 Å². The second kappa shape index (κ2) is 10.4. The van der Waals surface area contributed by atoms with Crippen molar-refractivity contribution in [3.63, 3.8) is 0 Å². The van der Waals surface area contributed by atoms with Crippen LogP contribution in [0, 0.1) is 69.0 Å². The lowest BCUT2D eigenvalue weighted by Crippen LogP contribution is -2.58. The van der Waals surface area contributed by atoms with Gasteiger partial charge in [0.2, 0.25) is 0 Å². The minimum Gasteiger partial charge on any atom is -0.317 e. The zero-order chi connectivity index (χ0) is 27.6. The van der Waals surface area contributed by atoms with Crippen LogP contribution in [0.4, 0.5) is 0 Å². The average molecular weight is 534 g/mol. The fourth-order valence-electron chi connectivity index (χ4n) is 12.3. The third kappa shape index (κ3) is 4.64. The maximum atomic E-state index is 8.25. The molecule has 5 fully saturated rings. The van der Waals surface area contributed by atoms with E-state index in [9.17, 15) is 0 Å². The van der Waals surface area contributed by atoms with Crippen LogP contribution in [0.25, 0.3) is 0 Å². The highest BCUT2D eigenvalue weighted by Gasteiger charge is 2.71. The van der Waals surface area contributed by atoms with Crippen molar-refractivity contribution in [2.75, 3.05) is 7.05 Å². The van der Waals surface area contributed by atoms with Gasteiger partial charge in [0, 0.05) is 12.2 Å². The lowest BCUT2D eigenvalue weighted by molar-refractivity contribution is -0.152. The Morgan fingerprint density at radius 2 is 1.77 bits per heavy atom. The Balaban J connectivity index is 1.23. The molecule has 0 amide bonds. The molecule has 0 bridgehead atoms. The van der Waals surface area contributed by atoms with E-state index in [1.165, 1.54) is 89.0 Å². The summed E-state index contributed by atoms with van der Waals surface area (Å²) in [5, 5.41) is 12.0. The van der Waals surface area contributed by atoms with Crippen LogP contribution in [0.5, 0.6) is 0 Å². The highest BCUT2D eigenvalue weighted by atomic mass is 14.9. The van der Waals surface area contributed by atoms with Gasteiger partial charge in [-0.25, -0.2) is 0 Å². The third-order valence-corrected chi connectivity index (χ3v) is 14.4. The first-order valence-corrected chi connectivity index (χ1v) is 17.1. The second-order valence-electron chi connectivity index (χ2n) is 16.4. The van der Waals surface area contributed by atoms with E-state index in [0.717, 1.165) is 53.8 Å². The van der Waals surface area contributed by atoms with E-state index in [4.69, 9.17) is 5.41 Å². The van der Waals surface area contributed by atoms with E-state index in [1.807, 2.05) is 6.20 Å². The van der Waals surface area contributed by atoms with Crippen LogP contribution in [-0.4, -0.2) is 25.0 Å². The summed E-state index contributed by atoms with van der Waals surface area (Å²) >= 11 is 0. The molecule has 6 rings (SSSR count). The topological polar surface area (TPSA) is 48.2 Å². The molecular weight excluding hydrogens is 474 g/mol. The minimum atomic E-state index is 0.537. The van der Waals surface area contributed by atoms with E-state index in [2.05, 4.69) is 52.0 Å². The standard InChI is InChI=1S/C36H59N3/c1-23(2)8-7-9-24(3)29-12-13-30-28-20-36(19-26(36)11-10-25-21-39-22-32(25)37)33-18-27(38-6)14-16-35(33,5)31(28)15-17-34(29,30)4/h21-24,26-31,33,37-38H,7-20H2,1-6H3/t24?,26?,27?,28?,29-,30?,31?,33?,34-,35?,36?/m1/s1. The number of allylic oxidation sites excluding steroid dienone is 1. The molecule has 1 aliphatic heterocycles. The van der Waals surface area contributed by atoms with Gasteiger partial charge in [0.25, 0.3) is 0 Å². The van der Waals surface area contributed by atoms with Gasteiger partial charge >= 0.3 is 0 Å². The van der Waals surface area contributed by atoms with Crippen LogP contribution >= 0.6 is 0 Å². The van der Waals surface area contributed by atoms with Gasteiger partial charge in [-0.1, -0.05) is 53.9 Å². The predicted molar refractivity (Wildman–Crippen MR) is 165 cm³/mol. The summed E-state index contributed by atoms with van der Waals surface area (Å²) in [6, 6.07) is 0.716. The molecular formula is C36H59N3. The summed E-state index contributed by atoms with van der Waals surface area (Å²) in [6.45, 7) is 13.0. The van der Waals surface area contributed by atoms with Crippen LogP contribution in [-0.2, 0) is 0 Å². The van der Waals surface area contributed by atoms with Crippen molar-refractivity contribution in [3.8, 4) is 0 Å². The highest BCUT2D eigenvalue weighted by molar-refractivity contribution is 6.38. The highest BCUT2D eigenvalue weighted by Crippen LogP contribution is 2.78. The van der Waals surface area contributed by atoms with Crippen molar-refractivity contribution in [3.05, 3.63) is 11.8 Å². The van der Waals surface area contributed by atoms with E-state index in [-0.39, 0.29) is 0 Å². The van der Waals surface area contributed by atoms with E-state index < -0.39 is 0 Å². The summed E-state index contributed by atoms with van der Waals surface area (Å²) in [5.74, 6) is 7.34. The molecule has 0 aromatic rings. The van der Waals surface area contributed by atoms with Gasteiger partial charge in [-0.3, -0.25) is 10.4 Å². The maximum absolute atomic E-state index is 8.25. The Morgan fingerprint density at radius 1 is 1.00 bits per heavy atom. The summed E-state index contributed by atoms with van der Waals surface area (Å²) < 4.78 is 0. The van der Waals surface area contributed by atoms with E-state index in [1.54, 1.807) is 6.21 Å². The molecule has 218 valence electrons. The molecule has 3 nitrogen and oxygen atoms in total. The number of fused-ring (bicyclic) bond motifs is 6. The SMILES string of the molecule is CNC1CCC2(C)C3CC[C@@]4(C)C(CC[C@@H]4C(C)CCCC(C)C)C3CC3(CC3CCC3=CN=CC3=N)C2C1. The van der Waals surface area contributed by atoms with Crippen LogP contribution < -0.4 is 5.32 Å². The number of hydrogen-bond donors (Lipinski definition) is 2. The molecule has 0 saturated heterocycles. The minimum absolute atomic E-state index is 0.537. The van der Waals surface area contributed by atoms with Crippen molar-refractivity contribution < 1.29 is 0 Å². The molecule has 2 N–H and O–H groups in total. The zero-order valence-electron chi connectivity index (χ0n) is 26.2. The second-order valence-corrected chi connectivity index (χ2v) is 16.4. The zero-order valence-corrected chi connectivity index (χ0v) is 26.2. The maximum Gasteiger partial charge on any atom is 0.0769 e. The first kappa shape index (κ1) is 28.2. The molecule has 0 aromatic carbocycles. The van der Waals surface area contributed by atoms with Crippen molar-refractivity contribution in [1.82, 2.24) is 5.32 Å². The number of nitrogens with zero attached hydrogens (tertiary/aromatic N) is 1. The summed E-state index contributed by atoms with van der Waals surface area (Å²) in [7, 11) is 2.21. The first-order chi connectivity index (χ1) is 18.6. The van der Waals surface area contributed by atoms with E-state index in [0.29, 0.717) is 28.0 Å². The normalized spacial score (nSPS) is 47.2. The van der Waals surface area contributed by atoms with Crippen molar-refractivity contribution in [2.24, 2.45) is 68.6 Å². The van der Waals surface area contributed by atoms with Crippen LogP contribution in [0.1, 0.15) is 125 Å². The molecule has 0 aromatic heterocycles. The molecule has 5 saturated carbocycles. The Morgan fingerprint density at radius 3 is 2.49 bits per heavy atom. The smallest absolute Gasteiger partial charge is 0.0769 e. The fourth-order valence-corrected chi connectivity index (χ4v) is 12.3. The van der Waals surface area contributed by atoms with Gasteiger partial charge in [-0.15, -0.1) is 0 Å². The van der Waals surface area contributed by atoms with Gasteiger partial charge in [0.1, 0.15) is 0 Å². The predicted octanol–water partition coefficient (Wildman–Crippen LogP) is 9.08. The van der Waals surface area contributed by atoms with Crippen molar-refractivity contribution >= 4 is 11.9 Å². The summed E-state index contributed by atoms with van der Waals surface area (Å²) in [5.41, 5.74) is 3.54. The molecule has 11 atom stereocenters. The molecule has 3 heteroatoms. The molecule has 6 aliphatic rings. The Kier molecular flexibility index (Phi) is 7.51. The molecule has 39 heavy (non-hydrogen) atoms. The van der Waals surface area contributed by atoms with Crippen LogP contribution in [0.15, 0.2) is 16.8 Å². The average Bonchev–Trinajstić information content (AvgIpc) is 3.21. The largest absolute Gasteiger partial charge is 0.317 e. The summed E-state index contributed by atoms with van der Waals surface area (Å²) in [4.78, 5) is 4.27. The molecule has 5 aliphatic carbocycles.